The zero-order valence-electron chi connectivity index (χ0n) is 9.93. The van der Waals surface area contributed by atoms with E-state index in [9.17, 15) is 9.90 Å². The van der Waals surface area contributed by atoms with Gasteiger partial charge in [-0.3, -0.25) is 9.69 Å². The highest BCUT2D eigenvalue weighted by molar-refractivity contribution is 5.78. The van der Waals surface area contributed by atoms with Crippen molar-refractivity contribution < 1.29 is 9.90 Å². The van der Waals surface area contributed by atoms with Crippen molar-refractivity contribution in [2.45, 2.75) is 12.5 Å². The molecule has 2 rings (SSSR count). The zero-order chi connectivity index (χ0) is 11.5. The van der Waals surface area contributed by atoms with E-state index in [1.165, 1.54) is 0 Å². The Labute approximate surface area is 96.6 Å². The maximum Gasteiger partial charge on any atom is 0.236 e. The number of hydrogen-bond acceptors (Lipinski definition) is 4. The predicted molar refractivity (Wildman–Crippen MR) is 61.1 cm³/mol. The van der Waals surface area contributed by atoms with E-state index in [1.54, 1.807) is 4.90 Å². The molecule has 2 aliphatic heterocycles. The summed E-state index contributed by atoms with van der Waals surface area (Å²) in [6, 6.07) is 0. The van der Waals surface area contributed by atoms with E-state index in [0.29, 0.717) is 19.6 Å². The van der Waals surface area contributed by atoms with Crippen LogP contribution in [0.5, 0.6) is 0 Å². The molecule has 1 atom stereocenters. The summed E-state index contributed by atoms with van der Waals surface area (Å²) in [6.07, 6.45) is 0.422. The number of carbonyl (C=O) groups is 1. The molecule has 5 heteroatoms. The Morgan fingerprint density at radius 3 is 2.50 bits per heavy atom. The molecule has 0 radical (unpaired) electrons. The van der Waals surface area contributed by atoms with Gasteiger partial charge in [0.2, 0.25) is 5.91 Å². The summed E-state index contributed by atoms with van der Waals surface area (Å²) >= 11 is 0. The second-order valence-corrected chi connectivity index (χ2v) is 4.86. The van der Waals surface area contributed by atoms with Crippen LogP contribution in [0.1, 0.15) is 6.42 Å². The highest BCUT2D eigenvalue weighted by Crippen LogP contribution is 2.09. The van der Waals surface area contributed by atoms with Gasteiger partial charge in [0, 0.05) is 39.3 Å². The number of rotatable bonds is 2. The monoisotopic (exact) mass is 227 g/mol. The van der Waals surface area contributed by atoms with Crippen molar-refractivity contribution in [2.75, 3.05) is 52.9 Å². The first-order valence-corrected chi connectivity index (χ1v) is 6.02. The van der Waals surface area contributed by atoms with Gasteiger partial charge >= 0.3 is 0 Å². The third kappa shape index (κ3) is 2.93. The lowest BCUT2D eigenvalue weighted by Crippen LogP contribution is -2.48. The minimum absolute atomic E-state index is 0.168. The maximum absolute atomic E-state index is 11.9. The van der Waals surface area contributed by atoms with Crippen molar-refractivity contribution in [3.8, 4) is 0 Å². The van der Waals surface area contributed by atoms with Gasteiger partial charge in [-0.15, -0.1) is 0 Å². The summed E-state index contributed by atoms with van der Waals surface area (Å²) < 4.78 is 0. The van der Waals surface area contributed by atoms with E-state index in [0.717, 1.165) is 32.6 Å². The van der Waals surface area contributed by atoms with Gasteiger partial charge < -0.3 is 14.9 Å². The van der Waals surface area contributed by atoms with Crippen LogP contribution >= 0.6 is 0 Å². The molecular formula is C11H21N3O2. The fourth-order valence-electron chi connectivity index (χ4n) is 2.27. The van der Waals surface area contributed by atoms with Gasteiger partial charge in [0.05, 0.1) is 12.6 Å². The second kappa shape index (κ2) is 5.12. The Bertz CT molecular complexity index is 252. The third-order valence-corrected chi connectivity index (χ3v) is 3.47. The molecule has 2 aliphatic rings. The van der Waals surface area contributed by atoms with E-state index in [1.807, 2.05) is 0 Å². The van der Waals surface area contributed by atoms with Crippen LogP contribution in [0.4, 0.5) is 0 Å². The number of aliphatic hydroxyl groups excluding tert-OH is 1. The number of nitrogens with zero attached hydrogens (tertiary/aromatic N) is 3. The van der Waals surface area contributed by atoms with Crippen LogP contribution < -0.4 is 0 Å². The summed E-state index contributed by atoms with van der Waals surface area (Å²) in [5, 5.41) is 9.37. The van der Waals surface area contributed by atoms with E-state index >= 15 is 0 Å². The summed E-state index contributed by atoms with van der Waals surface area (Å²) in [7, 11) is 2.11. The summed E-state index contributed by atoms with van der Waals surface area (Å²) in [5.74, 6) is 0.168. The van der Waals surface area contributed by atoms with Gasteiger partial charge in [0.15, 0.2) is 0 Å². The molecule has 0 bridgehead atoms. The quantitative estimate of drug-likeness (QED) is 0.645. The first kappa shape index (κ1) is 11.8. The van der Waals surface area contributed by atoms with Gasteiger partial charge in [-0.1, -0.05) is 0 Å². The summed E-state index contributed by atoms with van der Waals surface area (Å²) in [4.78, 5) is 18.2. The van der Waals surface area contributed by atoms with Crippen molar-refractivity contribution in [1.29, 1.82) is 0 Å². The number of carbonyl (C=O) groups excluding carboxylic acids is 1. The van der Waals surface area contributed by atoms with Crippen molar-refractivity contribution in [3.63, 3.8) is 0 Å². The van der Waals surface area contributed by atoms with Crippen molar-refractivity contribution in [2.24, 2.45) is 0 Å². The zero-order valence-corrected chi connectivity index (χ0v) is 9.93. The topological polar surface area (TPSA) is 47.0 Å². The van der Waals surface area contributed by atoms with E-state index in [-0.39, 0.29) is 12.0 Å². The van der Waals surface area contributed by atoms with E-state index < -0.39 is 0 Å². The van der Waals surface area contributed by atoms with Gasteiger partial charge in [-0.05, 0) is 13.5 Å². The molecule has 0 aromatic heterocycles. The fourth-order valence-corrected chi connectivity index (χ4v) is 2.27. The summed E-state index contributed by atoms with van der Waals surface area (Å²) in [5.41, 5.74) is 0. The van der Waals surface area contributed by atoms with Crippen molar-refractivity contribution >= 4 is 5.91 Å². The summed E-state index contributed by atoms with van der Waals surface area (Å²) in [6.45, 7) is 5.77. The van der Waals surface area contributed by atoms with Crippen LogP contribution in [0.25, 0.3) is 0 Å². The van der Waals surface area contributed by atoms with Crippen molar-refractivity contribution in [3.05, 3.63) is 0 Å². The van der Waals surface area contributed by atoms with Gasteiger partial charge in [0.25, 0.3) is 0 Å². The van der Waals surface area contributed by atoms with Crippen LogP contribution in [0.15, 0.2) is 0 Å². The predicted octanol–water partition coefficient (Wildman–Crippen LogP) is -1.17. The molecule has 16 heavy (non-hydrogen) atoms. The number of likely N-dealkylation sites (N-methyl/N-ethyl adjacent to an activating group) is 1. The molecular weight excluding hydrogens is 206 g/mol. The molecule has 0 saturated carbocycles. The average molecular weight is 227 g/mol. The molecule has 0 aromatic rings. The molecule has 2 fully saturated rings. The van der Waals surface area contributed by atoms with Crippen LogP contribution in [0.2, 0.25) is 0 Å². The molecule has 0 unspecified atom stereocenters. The van der Waals surface area contributed by atoms with Crippen LogP contribution in [-0.4, -0.2) is 84.7 Å². The average Bonchev–Trinajstić information content (AvgIpc) is 2.68. The minimum Gasteiger partial charge on any atom is -0.391 e. The maximum atomic E-state index is 11.9. The normalized spacial score (nSPS) is 28.6. The highest BCUT2D eigenvalue weighted by Gasteiger charge is 2.26. The minimum atomic E-state index is -0.309. The molecule has 2 saturated heterocycles. The molecule has 5 nitrogen and oxygen atoms in total. The number of likely N-dealkylation sites (tertiary alicyclic amines) is 1. The van der Waals surface area contributed by atoms with Gasteiger partial charge in [0.1, 0.15) is 0 Å². The molecule has 0 aromatic carbocycles. The number of hydrogen-bond donors (Lipinski definition) is 1. The first-order valence-electron chi connectivity index (χ1n) is 6.02. The number of aliphatic hydroxyl groups is 1. The van der Waals surface area contributed by atoms with Crippen LogP contribution in [0.3, 0.4) is 0 Å². The van der Waals surface area contributed by atoms with E-state index in [2.05, 4.69) is 16.8 Å². The highest BCUT2D eigenvalue weighted by atomic mass is 16.3. The lowest BCUT2D eigenvalue weighted by molar-refractivity contribution is -0.132. The lowest BCUT2D eigenvalue weighted by Gasteiger charge is -2.32. The molecule has 1 N–H and O–H groups in total. The molecule has 1 amide bonds. The SMILES string of the molecule is CN1CCN(CC(=O)N2CC[C@@H](O)C2)CC1. The standard InChI is InChI=1S/C11H21N3O2/c1-12-4-6-13(7-5-12)9-11(16)14-3-2-10(15)8-14/h10,15H,2-9H2,1H3/t10-/m1/s1. The molecule has 2 heterocycles. The largest absolute Gasteiger partial charge is 0.391 e. The Hall–Kier alpha value is -0.650. The fraction of sp³-hybridized carbons (Fsp3) is 0.909. The number of amides is 1. The van der Waals surface area contributed by atoms with E-state index in [4.69, 9.17) is 0 Å². The first-order chi connectivity index (χ1) is 7.65. The second-order valence-electron chi connectivity index (χ2n) is 4.86. The Morgan fingerprint density at radius 2 is 1.94 bits per heavy atom. The molecule has 92 valence electrons. The Balaban J connectivity index is 1.75. The van der Waals surface area contributed by atoms with Gasteiger partial charge in [-0.2, -0.15) is 0 Å². The Morgan fingerprint density at radius 1 is 1.25 bits per heavy atom. The number of piperazine rings is 1. The molecule has 0 aliphatic carbocycles. The van der Waals surface area contributed by atoms with Crippen molar-refractivity contribution in [1.82, 2.24) is 14.7 Å². The van der Waals surface area contributed by atoms with Gasteiger partial charge in [-0.25, -0.2) is 0 Å². The number of β-amino-alcohol motifs (C(OH)–C–C–N with tert-alkyl or cyclic N) is 1. The van der Waals surface area contributed by atoms with Crippen LogP contribution in [-0.2, 0) is 4.79 Å². The molecule has 0 spiro atoms. The third-order valence-electron chi connectivity index (χ3n) is 3.47. The smallest absolute Gasteiger partial charge is 0.236 e. The Kier molecular flexibility index (Phi) is 3.78. The lowest BCUT2D eigenvalue weighted by atomic mass is 10.3. The van der Waals surface area contributed by atoms with Crippen LogP contribution in [0, 0.1) is 0 Å².